The third-order valence-electron chi connectivity index (χ3n) is 5.03. The van der Waals surface area contributed by atoms with Crippen LogP contribution in [0.3, 0.4) is 0 Å². The number of benzene rings is 1. The Morgan fingerprint density at radius 1 is 1.21 bits per heavy atom. The average molecular weight is 443 g/mol. The van der Waals surface area contributed by atoms with E-state index in [1.54, 1.807) is 6.08 Å². The SMILES string of the molecule is C[C@H](NC(=O)C1CC[NH+](C(=O)/C=C/c2ccc(N(C)C)c(Cl)c2Cl)CC1)C(=O)O. The Balaban J connectivity index is 1.94. The number of halogens is 2. The van der Waals surface area contributed by atoms with E-state index < -0.39 is 12.0 Å². The van der Waals surface area contributed by atoms with Crippen molar-refractivity contribution in [3.05, 3.63) is 33.8 Å². The largest absolute Gasteiger partial charge is 0.480 e. The number of quaternary nitrogens is 1. The number of rotatable bonds is 6. The summed E-state index contributed by atoms with van der Waals surface area (Å²) in [5, 5.41) is 12.2. The van der Waals surface area contributed by atoms with Crippen LogP contribution in [0.15, 0.2) is 18.2 Å². The highest BCUT2D eigenvalue weighted by Crippen LogP contribution is 2.34. The summed E-state index contributed by atoms with van der Waals surface area (Å²) in [5.41, 5.74) is 1.45. The molecule has 0 spiro atoms. The third-order valence-corrected chi connectivity index (χ3v) is 5.91. The fourth-order valence-corrected chi connectivity index (χ4v) is 3.74. The Hall–Kier alpha value is -2.09. The molecule has 9 heteroatoms. The van der Waals surface area contributed by atoms with Crippen molar-refractivity contribution in [1.82, 2.24) is 5.32 Å². The molecule has 1 aromatic carbocycles. The van der Waals surface area contributed by atoms with E-state index >= 15 is 0 Å². The molecule has 1 saturated heterocycles. The van der Waals surface area contributed by atoms with Gasteiger partial charge in [-0.15, -0.1) is 0 Å². The van der Waals surface area contributed by atoms with E-state index in [0.717, 1.165) is 10.6 Å². The zero-order valence-corrected chi connectivity index (χ0v) is 18.2. The van der Waals surface area contributed by atoms with Gasteiger partial charge in [-0.25, -0.2) is 4.79 Å². The van der Waals surface area contributed by atoms with Crippen LogP contribution in [-0.4, -0.2) is 56.1 Å². The first-order chi connectivity index (χ1) is 13.6. The summed E-state index contributed by atoms with van der Waals surface area (Å²) in [5.74, 6) is -1.71. The molecule has 0 bridgehead atoms. The summed E-state index contributed by atoms with van der Waals surface area (Å²) in [4.78, 5) is 38.1. The van der Waals surface area contributed by atoms with Crippen molar-refractivity contribution < 1.29 is 24.4 Å². The number of carbonyl (C=O) groups is 3. The maximum absolute atomic E-state index is 12.5. The van der Waals surface area contributed by atoms with Gasteiger partial charge < -0.3 is 15.3 Å². The Morgan fingerprint density at radius 2 is 1.83 bits per heavy atom. The number of hydrogen-bond acceptors (Lipinski definition) is 4. The van der Waals surface area contributed by atoms with Crippen LogP contribution in [-0.2, 0) is 14.4 Å². The van der Waals surface area contributed by atoms with Gasteiger partial charge in [-0.05, 0) is 24.6 Å². The second kappa shape index (κ2) is 10.1. The number of nitrogens with one attached hydrogen (secondary N) is 2. The molecule has 1 aliphatic heterocycles. The minimum Gasteiger partial charge on any atom is -0.480 e. The van der Waals surface area contributed by atoms with Crippen molar-refractivity contribution in [3.63, 3.8) is 0 Å². The number of likely N-dealkylation sites (tertiary alicyclic amines) is 1. The highest BCUT2D eigenvalue weighted by atomic mass is 35.5. The van der Waals surface area contributed by atoms with Crippen LogP contribution in [0.4, 0.5) is 5.69 Å². The van der Waals surface area contributed by atoms with Crippen LogP contribution in [0.5, 0.6) is 0 Å². The van der Waals surface area contributed by atoms with Crippen molar-refractivity contribution in [2.24, 2.45) is 5.92 Å². The molecule has 1 aliphatic rings. The minimum atomic E-state index is -1.07. The highest BCUT2D eigenvalue weighted by Gasteiger charge is 2.31. The van der Waals surface area contributed by atoms with Gasteiger partial charge in [-0.3, -0.25) is 14.5 Å². The molecule has 0 aromatic heterocycles. The second-order valence-electron chi connectivity index (χ2n) is 7.34. The zero-order valence-electron chi connectivity index (χ0n) is 16.7. The maximum atomic E-state index is 12.5. The monoisotopic (exact) mass is 442 g/mol. The lowest BCUT2D eigenvalue weighted by molar-refractivity contribution is -0.824. The molecule has 0 radical (unpaired) electrons. The lowest BCUT2D eigenvalue weighted by Gasteiger charge is -2.26. The van der Waals surface area contributed by atoms with Gasteiger partial charge in [0.1, 0.15) is 6.04 Å². The van der Waals surface area contributed by atoms with Crippen molar-refractivity contribution >= 4 is 52.7 Å². The molecule has 1 heterocycles. The quantitative estimate of drug-likeness (QED) is 0.580. The molecule has 0 aliphatic carbocycles. The molecule has 2 rings (SSSR count). The van der Waals surface area contributed by atoms with Gasteiger partial charge in [0.15, 0.2) is 0 Å². The summed E-state index contributed by atoms with van der Waals surface area (Å²) in [6.07, 6.45) is 4.18. The Kier molecular flexibility index (Phi) is 8.07. The van der Waals surface area contributed by atoms with Crippen LogP contribution >= 0.6 is 23.2 Å². The van der Waals surface area contributed by atoms with E-state index in [4.69, 9.17) is 28.3 Å². The molecule has 158 valence electrons. The van der Waals surface area contributed by atoms with Gasteiger partial charge in [0.05, 0.1) is 28.8 Å². The second-order valence-corrected chi connectivity index (χ2v) is 8.10. The molecular weight excluding hydrogens is 417 g/mol. The molecule has 0 saturated carbocycles. The van der Waals surface area contributed by atoms with E-state index in [1.807, 2.05) is 31.1 Å². The van der Waals surface area contributed by atoms with E-state index in [2.05, 4.69) is 5.32 Å². The standard InChI is InChI=1S/C20H25Cl2N3O4/c1-12(20(28)29)23-19(27)14-8-10-25(11-9-14)16(26)7-5-13-4-6-15(24(2)3)18(22)17(13)21/h4-7,12,14H,8-11H2,1-3H3,(H,23,27)(H,28,29)/p+1/b7-5+/t12-/m0/s1. The van der Waals surface area contributed by atoms with Gasteiger partial charge in [0.2, 0.25) is 5.91 Å². The molecule has 29 heavy (non-hydrogen) atoms. The molecular formula is C20H26Cl2N3O4+. The third kappa shape index (κ3) is 5.95. The summed E-state index contributed by atoms with van der Waals surface area (Å²) in [6, 6.07) is 2.73. The predicted molar refractivity (Wildman–Crippen MR) is 113 cm³/mol. The van der Waals surface area contributed by atoms with Gasteiger partial charge >= 0.3 is 11.9 Å². The van der Waals surface area contributed by atoms with Gasteiger partial charge in [-0.2, -0.15) is 0 Å². The highest BCUT2D eigenvalue weighted by molar-refractivity contribution is 6.44. The van der Waals surface area contributed by atoms with Gasteiger partial charge in [-0.1, -0.05) is 29.3 Å². The van der Waals surface area contributed by atoms with Crippen LogP contribution in [0, 0.1) is 5.92 Å². The van der Waals surface area contributed by atoms with Crippen LogP contribution in [0.1, 0.15) is 25.3 Å². The first-order valence-electron chi connectivity index (χ1n) is 9.37. The number of nitrogens with zero attached hydrogens (tertiary/aromatic N) is 1. The van der Waals surface area contributed by atoms with E-state index in [9.17, 15) is 14.4 Å². The first kappa shape index (κ1) is 23.2. The first-order valence-corrected chi connectivity index (χ1v) is 10.1. The van der Waals surface area contributed by atoms with Crippen LogP contribution < -0.4 is 15.1 Å². The van der Waals surface area contributed by atoms with Gasteiger partial charge in [0.25, 0.3) is 0 Å². The Labute approximate surface area is 180 Å². The number of aliphatic carboxylic acids is 1. The summed E-state index contributed by atoms with van der Waals surface area (Å²) < 4.78 is 0. The number of anilines is 1. The smallest absolute Gasteiger partial charge is 0.337 e. The number of carboxylic acids is 1. The zero-order chi connectivity index (χ0) is 21.7. The molecule has 0 unspecified atom stereocenters. The fraction of sp³-hybridized carbons (Fsp3) is 0.450. The summed E-state index contributed by atoms with van der Waals surface area (Å²) in [7, 11) is 3.73. The molecule has 1 atom stereocenters. The van der Waals surface area contributed by atoms with Crippen LogP contribution in [0.25, 0.3) is 6.08 Å². The predicted octanol–water partition coefficient (Wildman–Crippen LogP) is 1.48. The van der Waals surface area contributed by atoms with Crippen molar-refractivity contribution in [3.8, 4) is 0 Å². The number of piperidine rings is 1. The maximum Gasteiger partial charge on any atom is 0.337 e. The molecule has 7 nitrogen and oxygen atoms in total. The van der Waals surface area contributed by atoms with E-state index in [0.29, 0.717) is 41.5 Å². The summed E-state index contributed by atoms with van der Waals surface area (Å²) in [6.45, 7) is 2.45. The van der Waals surface area contributed by atoms with Crippen molar-refractivity contribution in [2.45, 2.75) is 25.8 Å². The molecule has 1 aromatic rings. The normalized spacial score (nSPS) is 20.3. The number of hydrogen-bond donors (Lipinski definition) is 3. The Bertz CT molecular complexity index is 818. The van der Waals surface area contributed by atoms with E-state index in [1.165, 1.54) is 13.0 Å². The van der Waals surface area contributed by atoms with Crippen molar-refractivity contribution in [1.29, 1.82) is 0 Å². The van der Waals surface area contributed by atoms with E-state index in [-0.39, 0.29) is 17.7 Å². The van der Waals surface area contributed by atoms with Crippen LogP contribution in [0.2, 0.25) is 10.0 Å². The average Bonchev–Trinajstić information content (AvgIpc) is 2.68. The van der Waals surface area contributed by atoms with Gasteiger partial charge in [0, 0.05) is 38.9 Å². The fourth-order valence-electron chi connectivity index (χ4n) is 3.18. The minimum absolute atomic E-state index is 0.0911. The Morgan fingerprint density at radius 3 is 2.38 bits per heavy atom. The lowest BCUT2D eigenvalue weighted by atomic mass is 9.95. The number of carboxylic acid groups (broad SMARTS) is 1. The number of amides is 2. The number of carbonyl (C=O) groups excluding carboxylic acids is 2. The molecule has 2 amide bonds. The summed E-state index contributed by atoms with van der Waals surface area (Å²) >= 11 is 12.6. The van der Waals surface area contributed by atoms with Crippen molar-refractivity contribution in [2.75, 3.05) is 32.1 Å². The lowest BCUT2D eigenvalue weighted by Crippen LogP contribution is -3.15. The topological polar surface area (TPSA) is 91.2 Å². The molecule has 1 fully saturated rings. The molecule has 3 N–H and O–H groups in total.